The van der Waals surface area contributed by atoms with E-state index in [1.54, 1.807) is 12.3 Å². The van der Waals surface area contributed by atoms with Crippen LogP contribution in [0, 0.1) is 5.82 Å². The highest BCUT2D eigenvalue weighted by Gasteiger charge is 2.08. The van der Waals surface area contributed by atoms with E-state index in [2.05, 4.69) is 11.9 Å². The summed E-state index contributed by atoms with van der Waals surface area (Å²) in [4.78, 5) is 4.31. The third-order valence-electron chi connectivity index (χ3n) is 2.71. The predicted octanol–water partition coefficient (Wildman–Crippen LogP) is 2.42. The SMILES string of the molecule is CCCc1nccn1-c1ccc(F)cc1CN. The molecule has 1 aromatic heterocycles. The summed E-state index contributed by atoms with van der Waals surface area (Å²) in [5, 5.41) is 0. The number of benzene rings is 1. The van der Waals surface area contributed by atoms with Crippen LogP contribution in [0.25, 0.3) is 5.69 Å². The molecule has 0 aliphatic carbocycles. The molecule has 0 saturated heterocycles. The molecule has 1 aromatic carbocycles. The Hall–Kier alpha value is -1.68. The summed E-state index contributed by atoms with van der Waals surface area (Å²) in [5.74, 6) is 0.722. The Morgan fingerprint density at radius 3 is 2.94 bits per heavy atom. The molecule has 0 fully saturated rings. The van der Waals surface area contributed by atoms with Crippen LogP contribution < -0.4 is 5.73 Å². The lowest BCUT2D eigenvalue weighted by Gasteiger charge is -2.11. The lowest BCUT2D eigenvalue weighted by Crippen LogP contribution is -2.07. The standard InChI is InChI=1S/C13H16FN3/c1-2-3-13-16-6-7-17(13)12-5-4-11(14)8-10(12)9-15/h4-8H,2-3,9,15H2,1H3. The second-order valence-corrected chi connectivity index (χ2v) is 3.94. The zero-order valence-electron chi connectivity index (χ0n) is 9.86. The minimum Gasteiger partial charge on any atom is -0.326 e. The van der Waals surface area contributed by atoms with E-state index in [-0.39, 0.29) is 5.82 Å². The van der Waals surface area contributed by atoms with Gasteiger partial charge in [0.25, 0.3) is 0 Å². The van der Waals surface area contributed by atoms with Gasteiger partial charge in [0, 0.05) is 25.4 Å². The molecular weight excluding hydrogens is 217 g/mol. The molecule has 2 rings (SSSR count). The fraction of sp³-hybridized carbons (Fsp3) is 0.308. The van der Waals surface area contributed by atoms with Gasteiger partial charge in [-0.2, -0.15) is 0 Å². The molecule has 0 bridgehead atoms. The van der Waals surface area contributed by atoms with Gasteiger partial charge in [-0.1, -0.05) is 6.92 Å². The molecule has 90 valence electrons. The minimum atomic E-state index is -0.258. The first-order chi connectivity index (χ1) is 8.26. The maximum atomic E-state index is 13.1. The number of rotatable bonds is 4. The zero-order valence-corrected chi connectivity index (χ0v) is 9.86. The van der Waals surface area contributed by atoms with Gasteiger partial charge in [-0.05, 0) is 30.2 Å². The van der Waals surface area contributed by atoms with E-state index in [0.29, 0.717) is 6.54 Å². The summed E-state index contributed by atoms with van der Waals surface area (Å²) in [7, 11) is 0. The Labute approximate surface area is 100 Å². The van der Waals surface area contributed by atoms with Gasteiger partial charge in [-0.3, -0.25) is 0 Å². The third-order valence-corrected chi connectivity index (χ3v) is 2.71. The maximum absolute atomic E-state index is 13.1. The van der Waals surface area contributed by atoms with E-state index in [9.17, 15) is 4.39 Å². The van der Waals surface area contributed by atoms with Crippen LogP contribution in [0.5, 0.6) is 0 Å². The van der Waals surface area contributed by atoms with E-state index in [0.717, 1.165) is 29.9 Å². The number of aryl methyl sites for hydroxylation is 1. The van der Waals surface area contributed by atoms with Crippen molar-refractivity contribution in [1.82, 2.24) is 9.55 Å². The van der Waals surface area contributed by atoms with E-state index >= 15 is 0 Å². The molecule has 0 aliphatic heterocycles. The van der Waals surface area contributed by atoms with Crippen LogP contribution in [-0.2, 0) is 13.0 Å². The van der Waals surface area contributed by atoms with Gasteiger partial charge in [0.15, 0.2) is 0 Å². The van der Waals surface area contributed by atoms with Gasteiger partial charge < -0.3 is 10.3 Å². The zero-order chi connectivity index (χ0) is 12.3. The Balaban J connectivity index is 2.48. The Bertz CT molecular complexity index is 505. The van der Waals surface area contributed by atoms with Crippen molar-refractivity contribution in [3.63, 3.8) is 0 Å². The molecule has 2 N–H and O–H groups in total. The Kier molecular flexibility index (Phi) is 3.54. The first-order valence-electron chi connectivity index (χ1n) is 5.77. The van der Waals surface area contributed by atoms with Crippen LogP contribution in [0.2, 0.25) is 0 Å². The van der Waals surface area contributed by atoms with Crippen molar-refractivity contribution >= 4 is 0 Å². The summed E-state index contributed by atoms with van der Waals surface area (Å²) in [6, 6.07) is 4.67. The molecular formula is C13H16FN3. The van der Waals surface area contributed by atoms with Crippen molar-refractivity contribution in [2.75, 3.05) is 0 Å². The van der Waals surface area contributed by atoms with Crippen molar-refractivity contribution in [1.29, 1.82) is 0 Å². The van der Waals surface area contributed by atoms with Crippen LogP contribution in [0.4, 0.5) is 4.39 Å². The number of aromatic nitrogens is 2. The van der Waals surface area contributed by atoms with Gasteiger partial charge in [-0.15, -0.1) is 0 Å². The highest BCUT2D eigenvalue weighted by Crippen LogP contribution is 2.18. The van der Waals surface area contributed by atoms with Crippen molar-refractivity contribution < 1.29 is 4.39 Å². The van der Waals surface area contributed by atoms with Crippen LogP contribution in [0.15, 0.2) is 30.6 Å². The van der Waals surface area contributed by atoms with E-state index in [4.69, 9.17) is 5.73 Å². The molecule has 0 spiro atoms. The summed E-state index contributed by atoms with van der Waals surface area (Å²) < 4.78 is 15.1. The third kappa shape index (κ3) is 2.36. The van der Waals surface area contributed by atoms with Gasteiger partial charge >= 0.3 is 0 Å². The quantitative estimate of drug-likeness (QED) is 0.881. The fourth-order valence-electron chi connectivity index (χ4n) is 1.91. The van der Waals surface area contributed by atoms with Gasteiger partial charge in [0.2, 0.25) is 0 Å². The minimum absolute atomic E-state index is 0.258. The largest absolute Gasteiger partial charge is 0.326 e. The molecule has 0 amide bonds. The van der Waals surface area contributed by atoms with Gasteiger partial charge in [0.1, 0.15) is 11.6 Å². The van der Waals surface area contributed by atoms with E-state index in [1.165, 1.54) is 12.1 Å². The molecule has 0 atom stereocenters. The molecule has 3 nitrogen and oxygen atoms in total. The molecule has 0 radical (unpaired) electrons. The summed E-state index contributed by atoms with van der Waals surface area (Å²) in [5.41, 5.74) is 7.35. The fourth-order valence-corrected chi connectivity index (χ4v) is 1.91. The number of hydrogen-bond donors (Lipinski definition) is 1. The van der Waals surface area contributed by atoms with E-state index in [1.807, 2.05) is 10.8 Å². The summed E-state index contributed by atoms with van der Waals surface area (Å²) in [6.45, 7) is 2.42. The average Bonchev–Trinajstić information content (AvgIpc) is 2.77. The summed E-state index contributed by atoms with van der Waals surface area (Å²) in [6.07, 6.45) is 5.57. The average molecular weight is 233 g/mol. The van der Waals surface area contributed by atoms with Crippen molar-refractivity contribution in [2.45, 2.75) is 26.3 Å². The van der Waals surface area contributed by atoms with Crippen LogP contribution in [-0.4, -0.2) is 9.55 Å². The van der Waals surface area contributed by atoms with Crippen LogP contribution in [0.3, 0.4) is 0 Å². The highest BCUT2D eigenvalue weighted by atomic mass is 19.1. The van der Waals surface area contributed by atoms with Gasteiger partial charge in [0.05, 0.1) is 5.69 Å². The Morgan fingerprint density at radius 2 is 2.24 bits per heavy atom. The second-order valence-electron chi connectivity index (χ2n) is 3.94. The predicted molar refractivity (Wildman–Crippen MR) is 65.4 cm³/mol. The van der Waals surface area contributed by atoms with Crippen molar-refractivity contribution in [3.05, 3.63) is 47.8 Å². The monoisotopic (exact) mass is 233 g/mol. The number of imidazole rings is 1. The lowest BCUT2D eigenvalue weighted by molar-refractivity contribution is 0.624. The Morgan fingerprint density at radius 1 is 1.41 bits per heavy atom. The number of nitrogens with two attached hydrogens (primary N) is 1. The van der Waals surface area contributed by atoms with Crippen molar-refractivity contribution in [2.24, 2.45) is 5.73 Å². The highest BCUT2D eigenvalue weighted by molar-refractivity contribution is 5.42. The lowest BCUT2D eigenvalue weighted by atomic mass is 10.1. The maximum Gasteiger partial charge on any atom is 0.123 e. The molecule has 2 aromatic rings. The number of nitrogens with zero attached hydrogens (tertiary/aromatic N) is 2. The second kappa shape index (κ2) is 5.10. The van der Waals surface area contributed by atoms with Crippen LogP contribution in [0.1, 0.15) is 24.7 Å². The molecule has 1 heterocycles. The molecule has 4 heteroatoms. The summed E-state index contributed by atoms with van der Waals surface area (Å²) >= 11 is 0. The molecule has 0 unspecified atom stereocenters. The van der Waals surface area contributed by atoms with Crippen molar-refractivity contribution in [3.8, 4) is 5.69 Å². The van der Waals surface area contributed by atoms with E-state index < -0.39 is 0 Å². The first kappa shape index (κ1) is 11.8. The van der Waals surface area contributed by atoms with Gasteiger partial charge in [-0.25, -0.2) is 9.37 Å². The molecule has 17 heavy (non-hydrogen) atoms. The topological polar surface area (TPSA) is 43.8 Å². The first-order valence-corrected chi connectivity index (χ1v) is 5.77. The molecule has 0 aliphatic rings. The smallest absolute Gasteiger partial charge is 0.123 e. The molecule has 0 saturated carbocycles. The van der Waals surface area contributed by atoms with Crippen LogP contribution >= 0.6 is 0 Å². The normalized spacial score (nSPS) is 10.8. The number of halogens is 1. The number of hydrogen-bond acceptors (Lipinski definition) is 2.